The summed E-state index contributed by atoms with van der Waals surface area (Å²) in [5, 5.41) is 36.7. The van der Waals surface area contributed by atoms with Gasteiger partial charge in [-0.05, 0) is 37.0 Å². The standard InChI is InChI=1S/C23H33N5O7S/c1-12(30)19(23(34)35)28-21(32)17(9-13-10-25-16-6-4-3-5-14(13)16)26-22(33)18(11-29)27-20(31)15(24)7-8-36-2/h3-6,10,12,15,17-19,25,29-30H,7-9,11,24H2,1-2H3,(H,26,33)(H,27,31)(H,28,32)(H,34,35). The molecular weight excluding hydrogens is 490 g/mol. The van der Waals surface area contributed by atoms with E-state index in [0.717, 1.165) is 10.9 Å². The SMILES string of the molecule is CSCCC(N)C(=O)NC(CO)C(=O)NC(Cc1c[nH]c2ccccc12)C(=O)NC(C(=O)O)C(C)O. The first-order valence-electron chi connectivity index (χ1n) is 11.3. The number of para-hydroxylation sites is 1. The van der Waals surface area contributed by atoms with Gasteiger partial charge in [0, 0.05) is 23.5 Å². The Hall–Kier alpha value is -3.13. The number of nitrogens with two attached hydrogens (primary N) is 1. The van der Waals surface area contributed by atoms with Crippen LogP contribution >= 0.6 is 11.8 Å². The average molecular weight is 524 g/mol. The van der Waals surface area contributed by atoms with Crippen molar-refractivity contribution in [1.82, 2.24) is 20.9 Å². The Labute approximate surface area is 212 Å². The van der Waals surface area contributed by atoms with Crippen LogP contribution < -0.4 is 21.7 Å². The molecule has 12 nitrogen and oxygen atoms in total. The molecule has 0 saturated carbocycles. The zero-order valence-corrected chi connectivity index (χ0v) is 20.9. The molecule has 36 heavy (non-hydrogen) atoms. The van der Waals surface area contributed by atoms with Crippen molar-refractivity contribution in [2.45, 2.75) is 50.0 Å². The first kappa shape index (κ1) is 29.1. The maximum absolute atomic E-state index is 13.0. The summed E-state index contributed by atoms with van der Waals surface area (Å²) in [6.45, 7) is 0.462. The first-order valence-corrected chi connectivity index (χ1v) is 12.7. The molecule has 0 spiro atoms. The highest BCUT2D eigenvalue weighted by Crippen LogP contribution is 2.19. The number of fused-ring (bicyclic) bond motifs is 1. The van der Waals surface area contributed by atoms with Gasteiger partial charge >= 0.3 is 5.97 Å². The van der Waals surface area contributed by atoms with Gasteiger partial charge in [0.2, 0.25) is 17.7 Å². The monoisotopic (exact) mass is 523 g/mol. The minimum Gasteiger partial charge on any atom is -0.480 e. The number of carbonyl (C=O) groups excluding carboxylic acids is 3. The molecule has 1 heterocycles. The second kappa shape index (κ2) is 13.8. The van der Waals surface area contributed by atoms with Crippen LogP contribution in [0.2, 0.25) is 0 Å². The summed E-state index contributed by atoms with van der Waals surface area (Å²) < 4.78 is 0. The summed E-state index contributed by atoms with van der Waals surface area (Å²) in [6.07, 6.45) is 2.46. The lowest BCUT2D eigenvalue weighted by molar-refractivity contribution is -0.145. The molecule has 1 aromatic heterocycles. The third-order valence-corrected chi connectivity index (χ3v) is 6.21. The molecule has 0 aliphatic rings. The fourth-order valence-electron chi connectivity index (χ4n) is 3.49. The zero-order chi connectivity index (χ0) is 26.8. The van der Waals surface area contributed by atoms with Crippen molar-refractivity contribution in [3.63, 3.8) is 0 Å². The van der Waals surface area contributed by atoms with E-state index in [0.29, 0.717) is 17.7 Å². The van der Waals surface area contributed by atoms with Crippen LogP contribution in [-0.2, 0) is 25.6 Å². The molecule has 2 rings (SSSR count). The van der Waals surface area contributed by atoms with Gasteiger partial charge in [0.15, 0.2) is 6.04 Å². The number of aromatic nitrogens is 1. The second-order valence-electron chi connectivity index (χ2n) is 8.32. The molecule has 1 aromatic carbocycles. The first-order chi connectivity index (χ1) is 17.1. The molecule has 5 unspecified atom stereocenters. The lowest BCUT2D eigenvalue weighted by Crippen LogP contribution is -2.59. The fraction of sp³-hybridized carbons (Fsp3) is 0.478. The highest BCUT2D eigenvalue weighted by Gasteiger charge is 2.32. The molecule has 0 saturated heterocycles. The van der Waals surface area contributed by atoms with Crippen molar-refractivity contribution in [3.05, 3.63) is 36.0 Å². The molecule has 9 N–H and O–H groups in total. The molecule has 0 aliphatic heterocycles. The van der Waals surface area contributed by atoms with E-state index in [1.165, 1.54) is 18.7 Å². The molecule has 2 aromatic rings. The minimum atomic E-state index is -1.61. The summed E-state index contributed by atoms with van der Waals surface area (Å²) >= 11 is 1.51. The normalized spacial score (nSPS) is 15.4. The number of hydrogen-bond donors (Lipinski definition) is 8. The number of amides is 3. The summed E-state index contributed by atoms with van der Waals surface area (Å²) in [5.41, 5.74) is 7.29. The number of nitrogens with one attached hydrogen (secondary N) is 4. The number of hydrogen-bond acceptors (Lipinski definition) is 8. The van der Waals surface area contributed by atoms with Gasteiger partial charge in [-0.2, -0.15) is 11.8 Å². The highest BCUT2D eigenvalue weighted by molar-refractivity contribution is 7.98. The lowest BCUT2D eigenvalue weighted by Gasteiger charge is -2.25. The van der Waals surface area contributed by atoms with Crippen molar-refractivity contribution in [2.75, 3.05) is 18.6 Å². The van der Waals surface area contributed by atoms with Gasteiger partial charge in [0.05, 0.1) is 18.8 Å². The predicted octanol–water partition coefficient (Wildman–Crippen LogP) is -1.30. The van der Waals surface area contributed by atoms with E-state index in [4.69, 9.17) is 5.73 Å². The number of carboxylic acid groups (broad SMARTS) is 1. The summed E-state index contributed by atoms with van der Waals surface area (Å²) in [7, 11) is 0. The van der Waals surface area contributed by atoms with Crippen LogP contribution in [0.3, 0.4) is 0 Å². The Bertz CT molecular complexity index is 1060. The smallest absolute Gasteiger partial charge is 0.328 e. The van der Waals surface area contributed by atoms with Gasteiger partial charge in [-0.15, -0.1) is 0 Å². The number of aliphatic hydroxyl groups is 2. The highest BCUT2D eigenvalue weighted by atomic mass is 32.2. The number of thioether (sulfide) groups is 1. The number of carbonyl (C=O) groups is 4. The predicted molar refractivity (Wildman–Crippen MR) is 135 cm³/mol. The molecule has 198 valence electrons. The van der Waals surface area contributed by atoms with Crippen LogP contribution in [0.1, 0.15) is 18.9 Å². The number of aliphatic carboxylic acids is 1. The number of carboxylic acids is 1. The number of aromatic amines is 1. The Morgan fingerprint density at radius 2 is 1.69 bits per heavy atom. The van der Waals surface area contributed by atoms with E-state index in [2.05, 4.69) is 20.9 Å². The molecule has 0 aliphatic carbocycles. The van der Waals surface area contributed by atoms with Gasteiger partial charge in [0.25, 0.3) is 0 Å². The van der Waals surface area contributed by atoms with Crippen molar-refractivity contribution >= 4 is 46.4 Å². The van der Waals surface area contributed by atoms with Crippen LogP contribution in [0, 0.1) is 0 Å². The van der Waals surface area contributed by atoms with E-state index in [9.17, 15) is 34.5 Å². The van der Waals surface area contributed by atoms with Crippen molar-refractivity contribution in [3.8, 4) is 0 Å². The van der Waals surface area contributed by atoms with Gasteiger partial charge in [-0.1, -0.05) is 18.2 Å². The Kier molecular flexibility index (Phi) is 11.2. The molecule has 0 radical (unpaired) electrons. The van der Waals surface area contributed by atoms with Crippen LogP contribution in [-0.4, -0.2) is 92.9 Å². The number of H-pyrrole nitrogens is 1. The zero-order valence-electron chi connectivity index (χ0n) is 20.1. The topological polar surface area (TPSA) is 207 Å². The van der Waals surface area contributed by atoms with Crippen LogP contribution in [0.15, 0.2) is 30.5 Å². The minimum absolute atomic E-state index is 0.0347. The average Bonchev–Trinajstić information content (AvgIpc) is 3.25. The van der Waals surface area contributed by atoms with Gasteiger partial charge in [0.1, 0.15) is 12.1 Å². The molecule has 0 fully saturated rings. The quantitative estimate of drug-likeness (QED) is 0.148. The van der Waals surface area contributed by atoms with Crippen molar-refractivity contribution < 1.29 is 34.5 Å². The lowest BCUT2D eigenvalue weighted by atomic mass is 10.0. The second-order valence-corrected chi connectivity index (χ2v) is 9.31. The van der Waals surface area contributed by atoms with Crippen molar-refractivity contribution in [2.24, 2.45) is 5.73 Å². The molecule has 13 heteroatoms. The Morgan fingerprint density at radius 3 is 2.31 bits per heavy atom. The van der Waals surface area contributed by atoms with E-state index in [1.54, 1.807) is 12.3 Å². The number of benzene rings is 1. The largest absolute Gasteiger partial charge is 0.480 e. The van der Waals surface area contributed by atoms with Crippen LogP contribution in [0.5, 0.6) is 0 Å². The van der Waals surface area contributed by atoms with E-state index in [1.807, 2.05) is 24.5 Å². The molecule has 3 amide bonds. The van der Waals surface area contributed by atoms with Crippen LogP contribution in [0.4, 0.5) is 0 Å². The Morgan fingerprint density at radius 1 is 1.06 bits per heavy atom. The third kappa shape index (κ3) is 7.95. The van der Waals surface area contributed by atoms with Crippen LogP contribution in [0.25, 0.3) is 10.9 Å². The maximum Gasteiger partial charge on any atom is 0.328 e. The Balaban J connectivity index is 2.24. The fourth-order valence-corrected chi connectivity index (χ4v) is 3.98. The summed E-state index contributed by atoms with van der Waals surface area (Å²) in [4.78, 5) is 52.8. The van der Waals surface area contributed by atoms with E-state index in [-0.39, 0.29) is 6.42 Å². The molecule has 0 bridgehead atoms. The van der Waals surface area contributed by atoms with E-state index < -0.39 is 60.6 Å². The summed E-state index contributed by atoms with van der Waals surface area (Å²) in [6, 6.07) is 2.12. The number of rotatable bonds is 14. The van der Waals surface area contributed by atoms with Crippen molar-refractivity contribution in [1.29, 1.82) is 0 Å². The van der Waals surface area contributed by atoms with E-state index >= 15 is 0 Å². The molecule has 5 atom stereocenters. The number of aliphatic hydroxyl groups excluding tert-OH is 2. The summed E-state index contributed by atoms with van der Waals surface area (Å²) in [5.74, 6) is -3.16. The van der Waals surface area contributed by atoms with Gasteiger partial charge in [-0.3, -0.25) is 14.4 Å². The van der Waals surface area contributed by atoms with Gasteiger partial charge in [-0.25, -0.2) is 4.79 Å². The maximum atomic E-state index is 13.0. The van der Waals surface area contributed by atoms with Gasteiger partial charge < -0.3 is 42.0 Å². The third-order valence-electron chi connectivity index (χ3n) is 5.56. The molecular formula is C23H33N5O7S.